The van der Waals surface area contributed by atoms with E-state index in [-0.39, 0.29) is 24.5 Å². The Labute approximate surface area is 207 Å². The average molecular weight is 485 g/mol. The molecule has 1 saturated heterocycles. The van der Waals surface area contributed by atoms with Crippen LogP contribution in [0.25, 0.3) is 0 Å². The molecule has 1 aromatic carbocycles. The molecule has 9 nitrogen and oxygen atoms in total. The molecule has 1 aromatic rings. The minimum atomic E-state index is -0.687. The van der Waals surface area contributed by atoms with Crippen molar-refractivity contribution in [1.82, 2.24) is 20.0 Å². The number of carbonyl (C=O) groups is 3. The highest BCUT2D eigenvalue weighted by atomic mass is 16.5. The van der Waals surface area contributed by atoms with Crippen LogP contribution in [0, 0.1) is 5.92 Å². The first-order chi connectivity index (χ1) is 16.9. The lowest BCUT2D eigenvalue weighted by Gasteiger charge is -2.37. The molecular weight excluding hydrogens is 448 g/mol. The molecule has 1 N–H and O–H groups in total. The summed E-state index contributed by atoms with van der Waals surface area (Å²) >= 11 is 0. The van der Waals surface area contributed by atoms with Gasteiger partial charge in [0.15, 0.2) is 0 Å². The second-order valence-electron chi connectivity index (χ2n) is 9.35. The maximum absolute atomic E-state index is 13.2. The molecule has 9 heteroatoms. The van der Waals surface area contributed by atoms with Crippen molar-refractivity contribution in [2.75, 3.05) is 53.5 Å². The Morgan fingerprint density at radius 1 is 1.09 bits per heavy atom. The molecule has 3 amide bonds. The number of likely N-dealkylation sites (N-methyl/N-ethyl adjacent to an activating group) is 1. The van der Waals surface area contributed by atoms with Crippen molar-refractivity contribution in [3.63, 3.8) is 0 Å². The lowest BCUT2D eigenvalue weighted by Crippen LogP contribution is -2.49. The van der Waals surface area contributed by atoms with E-state index < -0.39 is 12.0 Å². The summed E-state index contributed by atoms with van der Waals surface area (Å²) < 4.78 is 11.0. The van der Waals surface area contributed by atoms with Gasteiger partial charge in [-0.2, -0.15) is 0 Å². The smallest absolute Gasteiger partial charge is 0.338 e. The molecule has 2 aliphatic heterocycles. The van der Waals surface area contributed by atoms with E-state index in [1.165, 1.54) is 4.90 Å². The number of ether oxygens (including phenoxy) is 2. The van der Waals surface area contributed by atoms with Gasteiger partial charge in [0.1, 0.15) is 5.75 Å². The number of esters is 1. The number of amides is 3. The number of para-hydroxylation sites is 1. The van der Waals surface area contributed by atoms with Crippen LogP contribution < -0.4 is 10.1 Å². The lowest BCUT2D eigenvalue weighted by molar-refractivity contribution is -0.139. The fraction of sp³-hybridized carbons (Fsp3) is 0.577. The maximum Gasteiger partial charge on any atom is 0.338 e. The highest BCUT2D eigenvalue weighted by molar-refractivity contribution is 5.95. The number of nitrogens with one attached hydrogen (secondary N) is 1. The summed E-state index contributed by atoms with van der Waals surface area (Å²) in [6.45, 7) is 5.28. The Hall–Kier alpha value is -3.07. The number of rotatable bonds is 7. The zero-order valence-electron chi connectivity index (χ0n) is 20.9. The lowest BCUT2D eigenvalue weighted by atomic mass is 9.84. The van der Waals surface area contributed by atoms with Crippen LogP contribution >= 0.6 is 0 Å². The van der Waals surface area contributed by atoms with Crippen molar-refractivity contribution >= 4 is 17.9 Å². The average Bonchev–Trinajstić information content (AvgIpc) is 3.06. The van der Waals surface area contributed by atoms with Crippen molar-refractivity contribution in [1.29, 1.82) is 0 Å². The largest absolute Gasteiger partial charge is 0.496 e. The topological polar surface area (TPSA) is 91.4 Å². The SMILES string of the molecule is CCOC(=O)C1=C(CN2CCCN(C(=O)C3CCC3)CC2)N(C)C(=O)N[C@H]1c1ccccc1OC. The first-order valence-electron chi connectivity index (χ1n) is 12.5. The molecule has 0 unspecified atom stereocenters. The molecule has 1 saturated carbocycles. The summed E-state index contributed by atoms with van der Waals surface area (Å²) in [6.07, 6.45) is 3.99. The Bertz CT molecular complexity index is 990. The molecule has 35 heavy (non-hydrogen) atoms. The van der Waals surface area contributed by atoms with Gasteiger partial charge < -0.3 is 19.7 Å². The van der Waals surface area contributed by atoms with Crippen LogP contribution in [-0.2, 0) is 14.3 Å². The molecule has 0 bridgehead atoms. The number of hydrogen-bond donors (Lipinski definition) is 1. The van der Waals surface area contributed by atoms with E-state index in [1.54, 1.807) is 21.1 Å². The predicted octanol–water partition coefficient (Wildman–Crippen LogP) is 2.54. The predicted molar refractivity (Wildman–Crippen MR) is 131 cm³/mol. The standard InChI is InChI=1S/C26H36N4O5/c1-4-35-25(32)22-20(17-29-13-8-14-30(16-15-29)24(31)18-9-7-10-18)28(2)26(33)27-23(22)19-11-5-6-12-21(19)34-3/h5-6,11-12,18,23H,4,7-10,13-17H2,1-3H3,(H,27,33)/t23-/m0/s1. The minimum absolute atomic E-state index is 0.189. The van der Waals surface area contributed by atoms with E-state index in [0.29, 0.717) is 42.2 Å². The second kappa shape index (κ2) is 11.1. The normalized spacial score (nSPS) is 21.8. The number of carbonyl (C=O) groups excluding carboxylic acids is 3. The zero-order chi connectivity index (χ0) is 24.9. The fourth-order valence-electron chi connectivity index (χ4n) is 5.01. The quantitative estimate of drug-likeness (QED) is 0.598. The van der Waals surface area contributed by atoms with E-state index in [2.05, 4.69) is 10.2 Å². The Morgan fingerprint density at radius 3 is 2.54 bits per heavy atom. The van der Waals surface area contributed by atoms with E-state index in [9.17, 15) is 14.4 Å². The van der Waals surface area contributed by atoms with Crippen LogP contribution in [0.1, 0.15) is 44.2 Å². The third-order valence-electron chi connectivity index (χ3n) is 7.25. The number of urea groups is 1. The molecular formula is C26H36N4O5. The molecule has 3 aliphatic rings. The van der Waals surface area contributed by atoms with Crippen molar-refractivity contribution in [2.24, 2.45) is 5.92 Å². The number of hydrogen-bond acceptors (Lipinski definition) is 6. The summed E-state index contributed by atoms with van der Waals surface area (Å²) in [4.78, 5) is 44.7. The first-order valence-corrected chi connectivity index (χ1v) is 12.5. The van der Waals surface area contributed by atoms with Crippen LogP contribution in [-0.4, -0.2) is 86.1 Å². The van der Waals surface area contributed by atoms with Crippen LogP contribution in [0.5, 0.6) is 5.75 Å². The summed E-state index contributed by atoms with van der Waals surface area (Å²) in [6, 6.07) is 6.38. The summed E-state index contributed by atoms with van der Waals surface area (Å²) in [7, 11) is 3.24. The molecule has 1 atom stereocenters. The number of benzene rings is 1. The van der Waals surface area contributed by atoms with E-state index in [1.807, 2.05) is 29.2 Å². The monoisotopic (exact) mass is 484 g/mol. The first kappa shape index (κ1) is 25.0. The minimum Gasteiger partial charge on any atom is -0.496 e. The van der Waals surface area contributed by atoms with Gasteiger partial charge in [-0.05, 0) is 32.3 Å². The van der Waals surface area contributed by atoms with E-state index in [4.69, 9.17) is 9.47 Å². The van der Waals surface area contributed by atoms with Gasteiger partial charge in [-0.3, -0.25) is 14.6 Å². The van der Waals surface area contributed by atoms with Crippen LogP contribution in [0.15, 0.2) is 35.5 Å². The van der Waals surface area contributed by atoms with Gasteiger partial charge >= 0.3 is 12.0 Å². The van der Waals surface area contributed by atoms with E-state index >= 15 is 0 Å². The van der Waals surface area contributed by atoms with Crippen LogP contribution in [0.2, 0.25) is 0 Å². The van der Waals surface area contributed by atoms with Crippen molar-refractivity contribution in [3.05, 3.63) is 41.1 Å². The molecule has 2 fully saturated rings. The maximum atomic E-state index is 13.2. The number of nitrogens with zero attached hydrogens (tertiary/aromatic N) is 3. The highest BCUT2D eigenvalue weighted by Gasteiger charge is 2.39. The number of methoxy groups -OCH3 is 1. The van der Waals surface area contributed by atoms with Crippen molar-refractivity contribution < 1.29 is 23.9 Å². The Kier molecular flexibility index (Phi) is 7.95. The van der Waals surface area contributed by atoms with Crippen LogP contribution in [0.4, 0.5) is 4.79 Å². The van der Waals surface area contributed by atoms with Crippen molar-refractivity contribution in [3.8, 4) is 5.75 Å². The van der Waals surface area contributed by atoms with Gasteiger partial charge in [0.05, 0.1) is 25.3 Å². The molecule has 0 spiro atoms. The van der Waals surface area contributed by atoms with Gasteiger partial charge in [-0.25, -0.2) is 9.59 Å². The van der Waals surface area contributed by atoms with Gasteiger partial charge in [0, 0.05) is 56.9 Å². The Balaban J connectivity index is 1.62. The summed E-state index contributed by atoms with van der Waals surface area (Å²) in [5, 5.41) is 2.95. The summed E-state index contributed by atoms with van der Waals surface area (Å²) in [5.41, 5.74) is 1.72. The molecule has 190 valence electrons. The molecule has 0 aromatic heterocycles. The fourth-order valence-corrected chi connectivity index (χ4v) is 5.01. The Morgan fingerprint density at radius 2 is 1.86 bits per heavy atom. The highest BCUT2D eigenvalue weighted by Crippen LogP contribution is 2.36. The van der Waals surface area contributed by atoms with Gasteiger partial charge in [0.25, 0.3) is 0 Å². The third kappa shape index (κ3) is 5.29. The summed E-state index contributed by atoms with van der Waals surface area (Å²) in [5.74, 6) is 0.592. The second-order valence-corrected chi connectivity index (χ2v) is 9.35. The van der Waals surface area contributed by atoms with Gasteiger partial charge in [-0.1, -0.05) is 24.6 Å². The van der Waals surface area contributed by atoms with Crippen LogP contribution in [0.3, 0.4) is 0 Å². The molecule has 2 heterocycles. The molecule has 0 radical (unpaired) electrons. The molecule has 1 aliphatic carbocycles. The molecule has 4 rings (SSSR count). The van der Waals surface area contributed by atoms with Crippen molar-refractivity contribution in [2.45, 2.75) is 38.6 Å². The van der Waals surface area contributed by atoms with E-state index in [0.717, 1.165) is 38.8 Å². The zero-order valence-corrected chi connectivity index (χ0v) is 20.9. The third-order valence-corrected chi connectivity index (χ3v) is 7.25. The van der Waals surface area contributed by atoms with Gasteiger partial charge in [0.2, 0.25) is 5.91 Å². The van der Waals surface area contributed by atoms with Gasteiger partial charge in [-0.15, -0.1) is 0 Å².